The largest absolute Gasteiger partial charge is 0.376 e. The summed E-state index contributed by atoms with van der Waals surface area (Å²) < 4.78 is 5.65. The van der Waals surface area contributed by atoms with Crippen molar-refractivity contribution in [2.75, 3.05) is 38.1 Å². The number of carbonyl (C=O) groups is 3. The maximum Gasteiger partial charge on any atom is 0.262 e. The summed E-state index contributed by atoms with van der Waals surface area (Å²) in [4.78, 5) is 45.6. The SMILES string of the molecule is CCN(CC1CCCO1)C(=O)c1ccc(NC(=O)CC2SC(N3CCCC3)=NC2=O)cc1. The molecule has 172 valence electrons. The first kappa shape index (κ1) is 22.8. The van der Waals surface area contributed by atoms with Gasteiger partial charge in [0, 0.05) is 50.5 Å². The molecule has 2 unspecified atom stereocenters. The van der Waals surface area contributed by atoms with Crippen molar-refractivity contribution in [2.24, 2.45) is 4.99 Å². The molecule has 0 saturated carbocycles. The lowest BCUT2D eigenvalue weighted by Gasteiger charge is -2.24. The molecule has 0 radical (unpaired) electrons. The Bertz CT molecular complexity index is 876. The first-order valence-corrected chi connectivity index (χ1v) is 12.3. The van der Waals surface area contributed by atoms with Crippen LogP contribution < -0.4 is 5.32 Å². The third-order valence-electron chi connectivity index (χ3n) is 6.01. The molecular formula is C23H30N4O4S. The quantitative estimate of drug-likeness (QED) is 0.676. The van der Waals surface area contributed by atoms with Crippen LogP contribution in [0.2, 0.25) is 0 Å². The van der Waals surface area contributed by atoms with Gasteiger partial charge >= 0.3 is 0 Å². The Balaban J connectivity index is 1.28. The summed E-state index contributed by atoms with van der Waals surface area (Å²) in [5.41, 5.74) is 1.18. The number of nitrogens with zero attached hydrogens (tertiary/aromatic N) is 3. The Morgan fingerprint density at radius 1 is 1.22 bits per heavy atom. The molecule has 9 heteroatoms. The summed E-state index contributed by atoms with van der Waals surface area (Å²) in [6.45, 7) is 5.79. The molecule has 0 spiro atoms. The highest BCUT2D eigenvalue weighted by atomic mass is 32.2. The van der Waals surface area contributed by atoms with E-state index in [9.17, 15) is 14.4 Å². The van der Waals surface area contributed by atoms with Gasteiger partial charge in [-0.15, -0.1) is 0 Å². The summed E-state index contributed by atoms with van der Waals surface area (Å²) in [5.74, 6) is -0.513. The average molecular weight is 459 g/mol. The molecule has 1 aromatic carbocycles. The summed E-state index contributed by atoms with van der Waals surface area (Å²) >= 11 is 1.38. The summed E-state index contributed by atoms with van der Waals surface area (Å²) in [6, 6.07) is 6.89. The topological polar surface area (TPSA) is 91.3 Å². The molecule has 2 atom stereocenters. The molecule has 1 N–H and O–H groups in total. The van der Waals surface area contributed by atoms with Gasteiger partial charge in [0.15, 0.2) is 5.17 Å². The number of hydrogen-bond donors (Lipinski definition) is 1. The number of amidine groups is 1. The van der Waals surface area contributed by atoms with Gasteiger partial charge in [0.1, 0.15) is 5.25 Å². The molecule has 3 heterocycles. The minimum absolute atomic E-state index is 0.0413. The number of aliphatic imine (C=N–C) groups is 1. The molecule has 3 aliphatic rings. The molecule has 0 aliphatic carbocycles. The number of carbonyl (C=O) groups excluding carboxylic acids is 3. The lowest BCUT2D eigenvalue weighted by atomic mass is 10.1. The van der Waals surface area contributed by atoms with Gasteiger partial charge in [0.25, 0.3) is 11.8 Å². The molecule has 2 fully saturated rings. The number of benzene rings is 1. The average Bonchev–Trinajstić information content (AvgIpc) is 3.55. The van der Waals surface area contributed by atoms with Crippen molar-refractivity contribution in [3.63, 3.8) is 0 Å². The van der Waals surface area contributed by atoms with Crippen LogP contribution in [0.25, 0.3) is 0 Å². The molecule has 8 nitrogen and oxygen atoms in total. The van der Waals surface area contributed by atoms with Crippen molar-refractivity contribution < 1.29 is 19.1 Å². The molecule has 3 aliphatic heterocycles. The number of anilines is 1. The number of nitrogens with one attached hydrogen (secondary N) is 1. The van der Waals surface area contributed by atoms with E-state index in [1.54, 1.807) is 29.2 Å². The number of ether oxygens (including phenoxy) is 1. The van der Waals surface area contributed by atoms with Crippen molar-refractivity contribution in [3.8, 4) is 0 Å². The van der Waals surface area contributed by atoms with E-state index < -0.39 is 5.25 Å². The second kappa shape index (κ2) is 10.5. The minimum atomic E-state index is -0.470. The van der Waals surface area contributed by atoms with Crippen LogP contribution in [0, 0.1) is 0 Å². The van der Waals surface area contributed by atoms with Crippen LogP contribution in [0.1, 0.15) is 49.4 Å². The lowest BCUT2D eigenvalue weighted by Crippen LogP contribution is -2.37. The second-order valence-electron chi connectivity index (χ2n) is 8.34. The fourth-order valence-corrected chi connectivity index (χ4v) is 5.32. The molecule has 1 aromatic rings. The van der Waals surface area contributed by atoms with Crippen molar-refractivity contribution in [1.29, 1.82) is 0 Å². The standard InChI is InChI=1S/C23H30N4O4S/c1-2-26(15-18-6-5-13-31-18)22(30)16-7-9-17(10-8-16)24-20(28)14-19-21(29)25-23(32-19)27-11-3-4-12-27/h7-10,18-19H,2-6,11-15H2,1H3,(H,24,28). The van der Waals surface area contributed by atoms with E-state index in [0.717, 1.165) is 50.5 Å². The van der Waals surface area contributed by atoms with E-state index in [0.29, 0.717) is 24.3 Å². The monoisotopic (exact) mass is 458 g/mol. The highest BCUT2D eigenvalue weighted by Gasteiger charge is 2.33. The maximum atomic E-state index is 12.8. The Hall–Kier alpha value is -2.39. The fourth-order valence-electron chi connectivity index (χ4n) is 4.20. The van der Waals surface area contributed by atoms with Crippen LogP contribution in [0.5, 0.6) is 0 Å². The lowest BCUT2D eigenvalue weighted by molar-refractivity contribution is -0.121. The normalized spacial score (nSPS) is 22.8. The molecule has 4 rings (SSSR count). The number of amides is 3. The third kappa shape index (κ3) is 5.50. The third-order valence-corrected chi connectivity index (χ3v) is 7.22. The van der Waals surface area contributed by atoms with Gasteiger partial charge in [-0.05, 0) is 56.9 Å². The number of thioether (sulfide) groups is 1. The van der Waals surface area contributed by atoms with Crippen molar-refractivity contribution in [3.05, 3.63) is 29.8 Å². The predicted octanol–water partition coefficient (Wildman–Crippen LogP) is 2.75. The van der Waals surface area contributed by atoms with Gasteiger partial charge < -0.3 is 19.9 Å². The molecular weight excluding hydrogens is 428 g/mol. The van der Waals surface area contributed by atoms with Crippen LogP contribution in [0.4, 0.5) is 5.69 Å². The van der Waals surface area contributed by atoms with E-state index in [-0.39, 0.29) is 30.2 Å². The zero-order chi connectivity index (χ0) is 22.5. The van der Waals surface area contributed by atoms with E-state index >= 15 is 0 Å². The Morgan fingerprint density at radius 2 is 1.97 bits per heavy atom. The molecule has 0 bridgehead atoms. The maximum absolute atomic E-state index is 12.8. The van der Waals surface area contributed by atoms with Gasteiger partial charge in [-0.1, -0.05) is 11.8 Å². The number of hydrogen-bond acceptors (Lipinski definition) is 6. The first-order chi connectivity index (χ1) is 15.5. The summed E-state index contributed by atoms with van der Waals surface area (Å²) in [5, 5.41) is 3.10. The zero-order valence-corrected chi connectivity index (χ0v) is 19.2. The number of likely N-dealkylation sites (N-methyl/N-ethyl adjacent to an activating group) is 1. The fraction of sp³-hybridized carbons (Fsp3) is 0.565. The van der Waals surface area contributed by atoms with E-state index in [4.69, 9.17) is 4.74 Å². The molecule has 2 saturated heterocycles. The van der Waals surface area contributed by atoms with Gasteiger partial charge in [0.05, 0.1) is 6.10 Å². The zero-order valence-electron chi connectivity index (χ0n) is 18.4. The number of likely N-dealkylation sites (tertiary alicyclic amines) is 1. The van der Waals surface area contributed by atoms with E-state index in [2.05, 4.69) is 15.2 Å². The van der Waals surface area contributed by atoms with Gasteiger partial charge in [-0.2, -0.15) is 4.99 Å². The van der Waals surface area contributed by atoms with Crippen molar-refractivity contribution >= 4 is 40.3 Å². The van der Waals surface area contributed by atoms with Gasteiger partial charge in [-0.3, -0.25) is 14.4 Å². The van der Waals surface area contributed by atoms with Crippen LogP contribution in [0.3, 0.4) is 0 Å². The summed E-state index contributed by atoms with van der Waals surface area (Å²) in [6.07, 6.45) is 4.45. The van der Waals surface area contributed by atoms with Crippen molar-refractivity contribution in [1.82, 2.24) is 9.80 Å². The van der Waals surface area contributed by atoms with E-state index in [1.165, 1.54) is 11.8 Å². The van der Waals surface area contributed by atoms with Crippen LogP contribution in [-0.4, -0.2) is 76.8 Å². The highest BCUT2D eigenvalue weighted by Crippen LogP contribution is 2.29. The van der Waals surface area contributed by atoms with E-state index in [1.807, 2.05) is 6.92 Å². The molecule has 0 aromatic heterocycles. The van der Waals surface area contributed by atoms with Gasteiger partial charge in [-0.25, -0.2) is 0 Å². The highest BCUT2D eigenvalue weighted by molar-refractivity contribution is 8.15. The van der Waals surface area contributed by atoms with Crippen molar-refractivity contribution in [2.45, 2.75) is 50.4 Å². The number of rotatable bonds is 7. The first-order valence-electron chi connectivity index (χ1n) is 11.4. The predicted molar refractivity (Wildman–Crippen MR) is 125 cm³/mol. The smallest absolute Gasteiger partial charge is 0.262 e. The Morgan fingerprint density at radius 3 is 2.62 bits per heavy atom. The Kier molecular flexibility index (Phi) is 7.47. The van der Waals surface area contributed by atoms with Crippen LogP contribution in [-0.2, 0) is 14.3 Å². The second-order valence-corrected chi connectivity index (χ2v) is 9.51. The van der Waals surface area contributed by atoms with Crippen LogP contribution in [0.15, 0.2) is 29.3 Å². The molecule has 32 heavy (non-hydrogen) atoms. The summed E-state index contributed by atoms with van der Waals surface area (Å²) in [7, 11) is 0. The van der Waals surface area contributed by atoms with Gasteiger partial charge in [0.2, 0.25) is 5.91 Å². The molecule has 3 amide bonds. The van der Waals surface area contributed by atoms with Crippen LogP contribution >= 0.6 is 11.8 Å². The Labute approximate surface area is 192 Å². The minimum Gasteiger partial charge on any atom is -0.376 e.